The summed E-state index contributed by atoms with van der Waals surface area (Å²) in [6.45, 7) is 7.57. The molecule has 1 unspecified atom stereocenters. The Hall–Kier alpha value is -0.900. The van der Waals surface area contributed by atoms with E-state index in [4.69, 9.17) is 4.52 Å². The van der Waals surface area contributed by atoms with Crippen LogP contribution in [-0.2, 0) is 6.42 Å². The van der Waals surface area contributed by atoms with Crippen molar-refractivity contribution in [1.82, 2.24) is 15.5 Å². The van der Waals surface area contributed by atoms with Crippen LogP contribution in [0.15, 0.2) is 10.9 Å². The first-order chi connectivity index (χ1) is 6.68. The van der Waals surface area contributed by atoms with Gasteiger partial charge in [-0.1, -0.05) is 19.0 Å². The van der Waals surface area contributed by atoms with Crippen LogP contribution in [0.5, 0.6) is 0 Å². The van der Waals surface area contributed by atoms with Gasteiger partial charge in [0.2, 0.25) is 5.89 Å². The van der Waals surface area contributed by atoms with Crippen LogP contribution in [-0.4, -0.2) is 22.7 Å². The van der Waals surface area contributed by atoms with E-state index in [1.807, 2.05) is 0 Å². The number of hydrogen-bond acceptors (Lipinski definition) is 4. The predicted octanol–water partition coefficient (Wildman–Crippen LogP) is 1.64. The third-order valence-electron chi connectivity index (χ3n) is 2.06. The molecule has 1 aromatic heterocycles. The Labute approximate surface area is 85.1 Å². The summed E-state index contributed by atoms with van der Waals surface area (Å²) in [7, 11) is 0. The van der Waals surface area contributed by atoms with Crippen molar-refractivity contribution in [2.75, 3.05) is 6.54 Å². The molecule has 0 spiro atoms. The summed E-state index contributed by atoms with van der Waals surface area (Å²) in [5.41, 5.74) is 0. The van der Waals surface area contributed by atoms with Gasteiger partial charge in [0.05, 0.1) is 0 Å². The molecule has 0 amide bonds. The van der Waals surface area contributed by atoms with Crippen molar-refractivity contribution in [3.8, 4) is 0 Å². The second-order valence-electron chi connectivity index (χ2n) is 4.07. The molecule has 0 fully saturated rings. The fourth-order valence-corrected chi connectivity index (χ4v) is 1.52. The van der Waals surface area contributed by atoms with Crippen LogP contribution in [0, 0.1) is 5.92 Å². The minimum absolute atomic E-state index is 0.554. The number of hydrogen-bond donors (Lipinski definition) is 1. The zero-order valence-electron chi connectivity index (χ0n) is 9.16. The van der Waals surface area contributed by atoms with E-state index in [0.717, 1.165) is 18.9 Å². The van der Waals surface area contributed by atoms with Gasteiger partial charge in [0.25, 0.3) is 0 Å². The minimum atomic E-state index is 0.554. The van der Waals surface area contributed by atoms with Crippen molar-refractivity contribution < 1.29 is 4.52 Å². The Bertz CT molecular complexity index is 234. The van der Waals surface area contributed by atoms with E-state index in [2.05, 4.69) is 36.2 Å². The second kappa shape index (κ2) is 5.75. The molecule has 1 atom stereocenters. The molecule has 4 nitrogen and oxygen atoms in total. The summed E-state index contributed by atoms with van der Waals surface area (Å²) in [5.74, 6) is 1.44. The summed E-state index contributed by atoms with van der Waals surface area (Å²) in [4.78, 5) is 3.96. The van der Waals surface area contributed by atoms with Gasteiger partial charge in [-0.2, -0.15) is 4.98 Å². The van der Waals surface area contributed by atoms with E-state index in [0.29, 0.717) is 11.9 Å². The molecule has 0 radical (unpaired) electrons. The van der Waals surface area contributed by atoms with E-state index in [1.165, 1.54) is 12.7 Å². The van der Waals surface area contributed by atoms with E-state index in [9.17, 15) is 0 Å². The van der Waals surface area contributed by atoms with Gasteiger partial charge in [0.15, 0.2) is 6.33 Å². The molecule has 0 aliphatic carbocycles. The fraction of sp³-hybridized carbons (Fsp3) is 0.800. The highest BCUT2D eigenvalue weighted by atomic mass is 16.5. The Morgan fingerprint density at radius 1 is 1.43 bits per heavy atom. The lowest BCUT2D eigenvalue weighted by Crippen LogP contribution is -2.29. The van der Waals surface area contributed by atoms with Crippen molar-refractivity contribution in [1.29, 1.82) is 0 Å². The molecular formula is C10H19N3O. The number of rotatable bonds is 6. The Morgan fingerprint density at radius 2 is 2.21 bits per heavy atom. The van der Waals surface area contributed by atoms with Crippen molar-refractivity contribution >= 4 is 0 Å². The van der Waals surface area contributed by atoms with E-state index >= 15 is 0 Å². The van der Waals surface area contributed by atoms with Crippen molar-refractivity contribution in [3.63, 3.8) is 0 Å². The van der Waals surface area contributed by atoms with Gasteiger partial charge >= 0.3 is 0 Å². The summed E-state index contributed by atoms with van der Waals surface area (Å²) in [6, 6.07) is 0.554. The normalized spacial score (nSPS) is 13.4. The van der Waals surface area contributed by atoms with Crippen molar-refractivity contribution in [3.05, 3.63) is 12.2 Å². The third kappa shape index (κ3) is 4.37. The smallest absolute Gasteiger partial charge is 0.227 e. The largest absolute Gasteiger partial charge is 0.340 e. The van der Waals surface area contributed by atoms with Gasteiger partial charge in [0, 0.05) is 19.0 Å². The molecule has 14 heavy (non-hydrogen) atoms. The molecule has 80 valence electrons. The second-order valence-corrected chi connectivity index (χ2v) is 4.07. The van der Waals surface area contributed by atoms with Crippen LogP contribution in [0.1, 0.15) is 33.1 Å². The summed E-state index contributed by atoms with van der Waals surface area (Å²) in [6.07, 6.45) is 3.44. The lowest BCUT2D eigenvalue weighted by atomic mass is 10.1. The molecule has 4 heteroatoms. The Balaban J connectivity index is 2.09. The molecule has 0 aromatic carbocycles. The van der Waals surface area contributed by atoms with E-state index in [1.54, 1.807) is 0 Å². The Kier molecular flexibility index (Phi) is 4.59. The standard InChI is InChI=1S/C10H19N3O/c1-8(2)6-9(3)11-5-4-10-12-7-13-14-10/h7-9,11H,4-6H2,1-3H3. The van der Waals surface area contributed by atoms with Gasteiger partial charge in [-0.25, -0.2) is 0 Å². The molecule has 1 rings (SSSR count). The monoisotopic (exact) mass is 197 g/mol. The predicted molar refractivity (Wildman–Crippen MR) is 54.9 cm³/mol. The highest BCUT2D eigenvalue weighted by molar-refractivity contribution is 4.76. The topological polar surface area (TPSA) is 51.0 Å². The molecule has 1 aromatic rings. The van der Waals surface area contributed by atoms with Gasteiger partial charge in [-0.05, 0) is 19.3 Å². The molecule has 0 saturated heterocycles. The maximum Gasteiger partial charge on any atom is 0.227 e. The summed E-state index contributed by atoms with van der Waals surface area (Å²) in [5, 5.41) is 6.98. The zero-order chi connectivity index (χ0) is 10.4. The van der Waals surface area contributed by atoms with Gasteiger partial charge in [-0.15, -0.1) is 0 Å². The van der Waals surface area contributed by atoms with Crippen LogP contribution < -0.4 is 5.32 Å². The third-order valence-corrected chi connectivity index (χ3v) is 2.06. The summed E-state index contributed by atoms with van der Waals surface area (Å²) >= 11 is 0. The Morgan fingerprint density at radius 3 is 2.79 bits per heavy atom. The van der Waals surface area contributed by atoms with Gasteiger partial charge in [0.1, 0.15) is 0 Å². The molecule has 0 aliphatic heterocycles. The van der Waals surface area contributed by atoms with Crippen LogP contribution in [0.4, 0.5) is 0 Å². The van der Waals surface area contributed by atoms with Crippen LogP contribution in [0.3, 0.4) is 0 Å². The first-order valence-corrected chi connectivity index (χ1v) is 5.17. The van der Waals surface area contributed by atoms with Gasteiger partial charge < -0.3 is 9.84 Å². The summed E-state index contributed by atoms with van der Waals surface area (Å²) < 4.78 is 4.90. The molecule has 0 aliphatic rings. The zero-order valence-corrected chi connectivity index (χ0v) is 9.16. The number of nitrogens with zero attached hydrogens (tertiary/aromatic N) is 2. The molecule has 1 heterocycles. The molecule has 1 N–H and O–H groups in total. The van der Waals surface area contributed by atoms with Crippen LogP contribution >= 0.6 is 0 Å². The van der Waals surface area contributed by atoms with Crippen molar-refractivity contribution in [2.45, 2.75) is 39.7 Å². The minimum Gasteiger partial charge on any atom is -0.340 e. The SMILES string of the molecule is CC(C)CC(C)NCCc1ncno1. The first kappa shape index (κ1) is 11.2. The lowest BCUT2D eigenvalue weighted by Gasteiger charge is -2.14. The number of aromatic nitrogens is 2. The van der Waals surface area contributed by atoms with Crippen LogP contribution in [0.25, 0.3) is 0 Å². The molecule has 0 saturated carbocycles. The first-order valence-electron chi connectivity index (χ1n) is 5.17. The highest BCUT2D eigenvalue weighted by Crippen LogP contribution is 2.03. The quantitative estimate of drug-likeness (QED) is 0.753. The molecule has 0 bridgehead atoms. The maximum absolute atomic E-state index is 4.90. The van der Waals surface area contributed by atoms with E-state index < -0.39 is 0 Å². The lowest BCUT2D eigenvalue weighted by molar-refractivity contribution is 0.368. The average molecular weight is 197 g/mol. The number of nitrogens with one attached hydrogen (secondary N) is 1. The van der Waals surface area contributed by atoms with Crippen molar-refractivity contribution in [2.24, 2.45) is 5.92 Å². The maximum atomic E-state index is 4.90. The highest BCUT2D eigenvalue weighted by Gasteiger charge is 2.04. The fourth-order valence-electron chi connectivity index (χ4n) is 1.52. The average Bonchev–Trinajstić information content (AvgIpc) is 2.55. The molecular weight excluding hydrogens is 178 g/mol. The van der Waals surface area contributed by atoms with E-state index in [-0.39, 0.29) is 0 Å². The van der Waals surface area contributed by atoms with Gasteiger partial charge in [-0.3, -0.25) is 0 Å². The van der Waals surface area contributed by atoms with Crippen LogP contribution in [0.2, 0.25) is 0 Å².